The first-order chi connectivity index (χ1) is 13.4. The average Bonchev–Trinajstić information content (AvgIpc) is 3.31. The van der Waals surface area contributed by atoms with E-state index in [0.29, 0.717) is 18.5 Å². The van der Waals surface area contributed by atoms with Crippen molar-refractivity contribution in [1.29, 1.82) is 0 Å². The van der Waals surface area contributed by atoms with Crippen LogP contribution in [0.25, 0.3) is 0 Å². The van der Waals surface area contributed by atoms with E-state index >= 15 is 0 Å². The first-order valence-electron chi connectivity index (χ1n) is 9.41. The van der Waals surface area contributed by atoms with E-state index in [0.717, 1.165) is 39.6 Å². The van der Waals surface area contributed by atoms with E-state index in [2.05, 4.69) is 11.9 Å². The van der Waals surface area contributed by atoms with Crippen LogP contribution in [-0.2, 0) is 23.3 Å². The molecule has 146 valence electrons. The van der Waals surface area contributed by atoms with Crippen LogP contribution in [0.15, 0.2) is 30.2 Å². The molecule has 1 aliphatic carbocycles. The van der Waals surface area contributed by atoms with Gasteiger partial charge in [0, 0.05) is 33.9 Å². The van der Waals surface area contributed by atoms with Gasteiger partial charge in [0.05, 0.1) is 6.54 Å². The molecule has 2 aliphatic rings. The molecule has 1 spiro atoms. The van der Waals surface area contributed by atoms with Crippen LogP contribution < -0.4 is 5.32 Å². The Bertz CT molecular complexity index is 1000. The highest BCUT2D eigenvalue weighted by molar-refractivity contribution is 7.10. The van der Waals surface area contributed by atoms with Gasteiger partial charge < -0.3 is 9.88 Å². The molecule has 0 saturated carbocycles. The number of carbonyl (C=O) groups is 3. The number of carbonyl (C=O) groups excluding carboxylic acids is 3. The number of imide groups is 1. The lowest BCUT2D eigenvalue weighted by atomic mass is 9.80. The second-order valence-electron chi connectivity index (χ2n) is 7.45. The second-order valence-corrected chi connectivity index (χ2v) is 8.45. The van der Waals surface area contributed by atoms with Crippen molar-refractivity contribution in [1.82, 2.24) is 14.8 Å². The molecule has 1 N–H and O–H groups in total. The lowest BCUT2D eigenvalue weighted by Gasteiger charge is -2.31. The minimum atomic E-state index is -1.01. The summed E-state index contributed by atoms with van der Waals surface area (Å²) in [6, 6.07) is 3.25. The molecule has 3 amide bonds. The topological polar surface area (TPSA) is 71.4 Å². The third kappa shape index (κ3) is 2.64. The fraction of sp³-hybridized carbons (Fsp3) is 0.381. The Morgan fingerprint density at radius 3 is 2.93 bits per heavy atom. The summed E-state index contributed by atoms with van der Waals surface area (Å²) in [6.45, 7) is 7.91. The van der Waals surface area contributed by atoms with E-state index in [1.807, 2.05) is 35.9 Å². The molecular formula is C21H23N3O3S. The van der Waals surface area contributed by atoms with Crippen LogP contribution in [0.4, 0.5) is 4.79 Å². The van der Waals surface area contributed by atoms with Crippen LogP contribution in [0.1, 0.15) is 45.0 Å². The van der Waals surface area contributed by atoms with E-state index in [-0.39, 0.29) is 18.2 Å². The number of aryl methyl sites for hydroxylation is 2. The van der Waals surface area contributed by atoms with Crippen LogP contribution >= 0.6 is 11.3 Å². The number of hydrogen-bond acceptors (Lipinski definition) is 4. The van der Waals surface area contributed by atoms with Crippen LogP contribution in [0.5, 0.6) is 0 Å². The van der Waals surface area contributed by atoms with Gasteiger partial charge in [0.15, 0.2) is 5.78 Å². The number of nitrogens with zero attached hydrogens (tertiary/aromatic N) is 2. The van der Waals surface area contributed by atoms with Crippen LogP contribution in [0.3, 0.4) is 0 Å². The Labute approximate surface area is 167 Å². The summed E-state index contributed by atoms with van der Waals surface area (Å²) >= 11 is 1.61. The molecule has 2 aromatic heterocycles. The van der Waals surface area contributed by atoms with Gasteiger partial charge >= 0.3 is 6.03 Å². The number of ketones is 1. The summed E-state index contributed by atoms with van der Waals surface area (Å²) in [5, 5.41) is 4.85. The quantitative estimate of drug-likeness (QED) is 0.478. The molecule has 4 rings (SSSR count). The van der Waals surface area contributed by atoms with Gasteiger partial charge in [-0.3, -0.25) is 14.5 Å². The van der Waals surface area contributed by atoms with Gasteiger partial charge in [-0.2, -0.15) is 0 Å². The lowest BCUT2D eigenvalue weighted by Crippen LogP contribution is -2.46. The number of aromatic nitrogens is 1. The van der Waals surface area contributed by atoms with Gasteiger partial charge in [-0.15, -0.1) is 17.9 Å². The number of Topliss-reactive ketones (excluding diaryl/α,β-unsaturated/α-hetero) is 1. The van der Waals surface area contributed by atoms with Crippen molar-refractivity contribution in [3.05, 3.63) is 57.6 Å². The maximum Gasteiger partial charge on any atom is 0.325 e. The number of allylic oxidation sites excluding steroid dienone is 1. The summed E-state index contributed by atoms with van der Waals surface area (Å²) in [5.74, 6) is -0.546. The average molecular weight is 398 g/mol. The van der Waals surface area contributed by atoms with Gasteiger partial charge in [0.2, 0.25) is 0 Å². The second kappa shape index (κ2) is 6.74. The SMILES string of the molecule is C=CCn1c(C)cc(C(=O)CN2C(=O)N[C@]3(CCCc4sccc43)C2=O)c1C. The predicted octanol–water partition coefficient (Wildman–Crippen LogP) is 3.32. The number of nitrogens with one attached hydrogen (secondary N) is 1. The zero-order valence-electron chi connectivity index (χ0n) is 16.1. The van der Waals surface area contributed by atoms with Crippen LogP contribution in [0.2, 0.25) is 0 Å². The van der Waals surface area contributed by atoms with Gasteiger partial charge in [-0.05, 0) is 50.6 Å². The highest BCUT2D eigenvalue weighted by atomic mass is 32.1. The first kappa shape index (κ1) is 18.7. The maximum absolute atomic E-state index is 13.3. The Kier molecular flexibility index (Phi) is 4.50. The van der Waals surface area contributed by atoms with Crippen molar-refractivity contribution < 1.29 is 14.4 Å². The fourth-order valence-electron chi connectivity index (χ4n) is 4.41. The summed E-state index contributed by atoms with van der Waals surface area (Å²) < 4.78 is 1.99. The first-order valence-corrected chi connectivity index (χ1v) is 10.3. The Hall–Kier alpha value is -2.67. The highest BCUT2D eigenvalue weighted by Crippen LogP contribution is 2.42. The van der Waals surface area contributed by atoms with Crippen molar-refractivity contribution in [2.75, 3.05) is 6.54 Å². The highest BCUT2D eigenvalue weighted by Gasteiger charge is 2.54. The summed E-state index contributed by atoms with van der Waals surface area (Å²) in [6.07, 6.45) is 4.10. The maximum atomic E-state index is 13.3. The van der Waals surface area contributed by atoms with Gasteiger partial charge in [-0.25, -0.2) is 4.79 Å². The number of thiophene rings is 1. The number of amides is 3. The Morgan fingerprint density at radius 2 is 2.18 bits per heavy atom. The number of fused-ring (bicyclic) bond motifs is 2. The number of urea groups is 1. The monoisotopic (exact) mass is 397 g/mol. The molecule has 0 bridgehead atoms. The molecule has 0 unspecified atom stereocenters. The van der Waals surface area contributed by atoms with Crippen LogP contribution in [0, 0.1) is 13.8 Å². The van der Waals surface area contributed by atoms with Crippen molar-refractivity contribution >= 4 is 29.1 Å². The van der Waals surface area contributed by atoms with Crippen molar-refractivity contribution in [2.45, 2.75) is 45.2 Å². The number of hydrogen-bond donors (Lipinski definition) is 1. The smallest absolute Gasteiger partial charge is 0.325 e. The molecule has 1 aliphatic heterocycles. The predicted molar refractivity (Wildman–Crippen MR) is 108 cm³/mol. The molecule has 1 saturated heterocycles. The van der Waals surface area contributed by atoms with Crippen molar-refractivity contribution in [3.63, 3.8) is 0 Å². The Balaban J connectivity index is 1.61. The summed E-state index contributed by atoms with van der Waals surface area (Å²) in [7, 11) is 0. The third-order valence-electron chi connectivity index (χ3n) is 5.82. The lowest BCUT2D eigenvalue weighted by molar-refractivity contribution is -0.131. The molecule has 6 nitrogen and oxygen atoms in total. The normalized spacial score (nSPS) is 21.1. The molecule has 1 atom stereocenters. The standard InChI is InChI=1S/C21H23N3O3S/c1-4-9-23-13(2)11-15(14(23)3)17(25)12-24-19(26)21(22-20(24)27)8-5-6-18-16(21)7-10-28-18/h4,7,10-11H,1,5-6,8-9,12H2,2-3H3,(H,22,27)/t21-/m0/s1. The summed E-state index contributed by atoms with van der Waals surface area (Å²) in [4.78, 5) is 41.1. The molecule has 7 heteroatoms. The molecule has 28 heavy (non-hydrogen) atoms. The number of rotatable bonds is 5. The zero-order valence-corrected chi connectivity index (χ0v) is 16.9. The molecular weight excluding hydrogens is 374 g/mol. The zero-order chi connectivity index (χ0) is 20.1. The van der Waals surface area contributed by atoms with E-state index in [1.54, 1.807) is 17.4 Å². The summed E-state index contributed by atoms with van der Waals surface area (Å²) in [5.41, 5.74) is 2.19. The van der Waals surface area contributed by atoms with E-state index < -0.39 is 11.6 Å². The third-order valence-corrected chi connectivity index (χ3v) is 6.80. The Morgan fingerprint density at radius 1 is 1.39 bits per heavy atom. The van der Waals surface area contributed by atoms with E-state index in [9.17, 15) is 14.4 Å². The molecule has 3 heterocycles. The van der Waals surface area contributed by atoms with E-state index in [4.69, 9.17) is 0 Å². The minimum Gasteiger partial charge on any atom is -0.345 e. The van der Waals surface area contributed by atoms with Crippen molar-refractivity contribution in [3.8, 4) is 0 Å². The van der Waals surface area contributed by atoms with E-state index in [1.165, 1.54) is 0 Å². The van der Waals surface area contributed by atoms with Gasteiger partial charge in [0.1, 0.15) is 5.54 Å². The van der Waals surface area contributed by atoms with Gasteiger partial charge in [0.25, 0.3) is 5.91 Å². The molecule has 0 aromatic carbocycles. The molecule has 2 aromatic rings. The van der Waals surface area contributed by atoms with Gasteiger partial charge in [-0.1, -0.05) is 6.08 Å². The molecule has 1 fully saturated rings. The van der Waals surface area contributed by atoms with Crippen molar-refractivity contribution in [2.24, 2.45) is 0 Å². The van der Waals surface area contributed by atoms with Crippen LogP contribution in [-0.4, -0.2) is 33.7 Å². The molecule has 0 radical (unpaired) electrons. The largest absolute Gasteiger partial charge is 0.345 e. The fourth-order valence-corrected chi connectivity index (χ4v) is 5.41. The minimum absolute atomic E-state index is 0.231.